The SMILES string of the molecule is COCCN1CCN(c2ccc(Nc3nccc(-c4c(-c5cccnc5)nn5c4CCC5)n3)cc2)CC1. The first kappa shape index (κ1) is 23.6. The molecule has 37 heavy (non-hydrogen) atoms. The zero-order chi connectivity index (χ0) is 25.0. The molecule has 0 spiro atoms. The number of aryl methyl sites for hydroxylation is 1. The normalized spacial score (nSPS) is 15.6. The molecule has 1 fully saturated rings. The number of benzene rings is 1. The Kier molecular flexibility index (Phi) is 6.79. The van der Waals surface area contributed by atoms with Crippen LogP contribution < -0.4 is 10.2 Å². The van der Waals surface area contributed by atoms with Crippen LogP contribution in [0.2, 0.25) is 0 Å². The number of nitrogens with one attached hydrogen (secondary N) is 1. The molecule has 2 aliphatic heterocycles. The van der Waals surface area contributed by atoms with E-state index in [0.29, 0.717) is 5.95 Å². The molecule has 5 heterocycles. The van der Waals surface area contributed by atoms with Gasteiger partial charge in [-0.05, 0) is 55.3 Å². The molecule has 0 aliphatic carbocycles. The molecule has 0 bridgehead atoms. The molecule has 2 aliphatic rings. The van der Waals surface area contributed by atoms with Crippen molar-refractivity contribution in [3.8, 4) is 22.5 Å². The summed E-state index contributed by atoms with van der Waals surface area (Å²) in [7, 11) is 1.76. The van der Waals surface area contributed by atoms with Crippen LogP contribution in [-0.4, -0.2) is 76.1 Å². The first-order chi connectivity index (χ1) is 18.3. The van der Waals surface area contributed by atoms with E-state index in [1.54, 1.807) is 13.3 Å². The van der Waals surface area contributed by atoms with Crippen molar-refractivity contribution in [2.24, 2.45) is 0 Å². The zero-order valence-corrected chi connectivity index (χ0v) is 21.2. The minimum absolute atomic E-state index is 0.576. The number of ether oxygens (including phenoxy) is 1. The van der Waals surface area contributed by atoms with Gasteiger partial charge in [-0.25, -0.2) is 9.97 Å². The average molecular weight is 497 g/mol. The molecule has 0 atom stereocenters. The summed E-state index contributed by atoms with van der Waals surface area (Å²) in [6.07, 6.45) is 7.57. The van der Waals surface area contributed by atoms with E-state index in [1.165, 1.54) is 11.4 Å². The summed E-state index contributed by atoms with van der Waals surface area (Å²) < 4.78 is 7.33. The van der Waals surface area contributed by atoms with Gasteiger partial charge in [-0.15, -0.1) is 0 Å². The quantitative estimate of drug-likeness (QED) is 0.394. The number of aromatic nitrogens is 5. The highest BCUT2D eigenvalue weighted by Gasteiger charge is 2.25. The van der Waals surface area contributed by atoms with Crippen molar-refractivity contribution < 1.29 is 4.74 Å². The first-order valence-corrected chi connectivity index (χ1v) is 13.0. The molecule has 0 amide bonds. The van der Waals surface area contributed by atoms with Crippen molar-refractivity contribution in [2.75, 3.05) is 56.7 Å². The molecule has 0 unspecified atom stereocenters. The second-order valence-electron chi connectivity index (χ2n) is 9.50. The van der Waals surface area contributed by atoms with E-state index in [4.69, 9.17) is 14.8 Å². The summed E-state index contributed by atoms with van der Waals surface area (Å²) in [6, 6.07) is 14.5. The van der Waals surface area contributed by atoms with Gasteiger partial charge in [-0.1, -0.05) is 0 Å². The Balaban J connectivity index is 1.18. The van der Waals surface area contributed by atoms with Crippen LogP contribution in [0.1, 0.15) is 12.1 Å². The van der Waals surface area contributed by atoms with E-state index in [-0.39, 0.29) is 0 Å². The second kappa shape index (κ2) is 10.7. The lowest BCUT2D eigenvalue weighted by molar-refractivity contribution is 0.144. The third kappa shape index (κ3) is 5.05. The summed E-state index contributed by atoms with van der Waals surface area (Å²) in [5, 5.41) is 8.30. The summed E-state index contributed by atoms with van der Waals surface area (Å²) in [6.45, 7) is 6.89. The van der Waals surface area contributed by atoms with Crippen LogP contribution in [0.4, 0.5) is 17.3 Å². The number of pyridine rings is 1. The van der Waals surface area contributed by atoms with Gasteiger partial charge in [0.2, 0.25) is 5.95 Å². The molecule has 0 radical (unpaired) electrons. The second-order valence-corrected chi connectivity index (χ2v) is 9.50. The van der Waals surface area contributed by atoms with E-state index < -0.39 is 0 Å². The molecule has 1 N–H and O–H groups in total. The van der Waals surface area contributed by atoms with Crippen LogP contribution in [0.25, 0.3) is 22.5 Å². The predicted molar refractivity (Wildman–Crippen MR) is 145 cm³/mol. The number of rotatable bonds is 8. The Bertz CT molecular complexity index is 1330. The van der Waals surface area contributed by atoms with Gasteiger partial charge in [-0.2, -0.15) is 5.10 Å². The number of piperazine rings is 1. The van der Waals surface area contributed by atoms with Gasteiger partial charge in [0.15, 0.2) is 0 Å². The molecular formula is C28H32N8O. The average Bonchev–Trinajstić information content (AvgIpc) is 3.55. The van der Waals surface area contributed by atoms with Gasteiger partial charge in [0.05, 0.1) is 12.3 Å². The Morgan fingerprint density at radius 3 is 2.62 bits per heavy atom. The molecule has 1 saturated heterocycles. The van der Waals surface area contributed by atoms with Gasteiger partial charge in [0.1, 0.15) is 5.69 Å². The molecule has 4 aromatic rings. The fourth-order valence-electron chi connectivity index (χ4n) is 5.20. The van der Waals surface area contributed by atoms with Gasteiger partial charge in [0.25, 0.3) is 0 Å². The Morgan fingerprint density at radius 2 is 1.84 bits per heavy atom. The van der Waals surface area contributed by atoms with Crippen LogP contribution in [0, 0.1) is 0 Å². The largest absolute Gasteiger partial charge is 0.383 e. The lowest BCUT2D eigenvalue weighted by Gasteiger charge is -2.36. The van der Waals surface area contributed by atoms with E-state index in [0.717, 1.165) is 86.9 Å². The highest BCUT2D eigenvalue weighted by Crippen LogP contribution is 2.36. The lowest BCUT2D eigenvalue weighted by atomic mass is 10.0. The highest BCUT2D eigenvalue weighted by atomic mass is 16.5. The maximum atomic E-state index is 5.21. The van der Waals surface area contributed by atoms with Crippen LogP contribution in [0.5, 0.6) is 0 Å². The Morgan fingerprint density at radius 1 is 0.973 bits per heavy atom. The fraction of sp³-hybridized carbons (Fsp3) is 0.357. The number of hydrogen-bond acceptors (Lipinski definition) is 8. The lowest BCUT2D eigenvalue weighted by Crippen LogP contribution is -2.47. The van der Waals surface area contributed by atoms with Crippen molar-refractivity contribution in [2.45, 2.75) is 19.4 Å². The third-order valence-corrected chi connectivity index (χ3v) is 7.16. The standard InChI is InChI=1S/C28H32N8O/c1-37-19-18-34-14-16-35(17-15-34)23-8-6-22(7-9-23)31-28-30-12-10-24(32-28)26-25-5-3-13-36(25)33-27(26)21-4-2-11-29-20-21/h2,4,6-12,20H,3,5,13-19H2,1H3,(H,30,31,32). The minimum atomic E-state index is 0.576. The summed E-state index contributed by atoms with van der Waals surface area (Å²) in [4.78, 5) is 18.6. The van der Waals surface area contributed by atoms with Crippen LogP contribution in [0.15, 0.2) is 61.1 Å². The summed E-state index contributed by atoms with van der Waals surface area (Å²) in [5.41, 5.74) is 7.32. The molecule has 190 valence electrons. The Hall–Kier alpha value is -3.82. The van der Waals surface area contributed by atoms with E-state index in [1.807, 2.05) is 24.5 Å². The number of methoxy groups -OCH3 is 1. The van der Waals surface area contributed by atoms with E-state index in [2.05, 4.69) is 60.1 Å². The molecule has 0 saturated carbocycles. The Labute approximate surface area is 217 Å². The van der Waals surface area contributed by atoms with Crippen molar-refractivity contribution >= 4 is 17.3 Å². The van der Waals surface area contributed by atoms with Crippen LogP contribution in [0.3, 0.4) is 0 Å². The first-order valence-electron chi connectivity index (χ1n) is 13.0. The topological polar surface area (TPSA) is 84.2 Å². The highest BCUT2D eigenvalue weighted by molar-refractivity contribution is 5.81. The van der Waals surface area contributed by atoms with Crippen molar-refractivity contribution in [1.82, 2.24) is 29.6 Å². The van der Waals surface area contributed by atoms with E-state index in [9.17, 15) is 0 Å². The van der Waals surface area contributed by atoms with Crippen molar-refractivity contribution in [3.63, 3.8) is 0 Å². The van der Waals surface area contributed by atoms with Crippen LogP contribution in [-0.2, 0) is 17.7 Å². The smallest absolute Gasteiger partial charge is 0.227 e. The minimum Gasteiger partial charge on any atom is -0.383 e. The van der Waals surface area contributed by atoms with Gasteiger partial charge in [-0.3, -0.25) is 14.6 Å². The maximum Gasteiger partial charge on any atom is 0.227 e. The molecule has 1 aromatic carbocycles. The van der Waals surface area contributed by atoms with Gasteiger partial charge >= 0.3 is 0 Å². The monoisotopic (exact) mass is 496 g/mol. The van der Waals surface area contributed by atoms with E-state index >= 15 is 0 Å². The molecule has 6 rings (SSSR count). The predicted octanol–water partition coefficient (Wildman–Crippen LogP) is 3.86. The number of fused-ring (bicyclic) bond motifs is 1. The fourth-order valence-corrected chi connectivity index (χ4v) is 5.20. The molecule has 9 heteroatoms. The number of anilines is 3. The van der Waals surface area contributed by atoms with Crippen LogP contribution >= 0.6 is 0 Å². The van der Waals surface area contributed by atoms with Gasteiger partial charge < -0.3 is 15.0 Å². The molecular weight excluding hydrogens is 464 g/mol. The number of hydrogen-bond donors (Lipinski definition) is 1. The zero-order valence-electron chi connectivity index (χ0n) is 21.2. The molecule has 9 nitrogen and oxygen atoms in total. The maximum absolute atomic E-state index is 5.21. The van der Waals surface area contributed by atoms with Crippen molar-refractivity contribution in [1.29, 1.82) is 0 Å². The summed E-state index contributed by atoms with van der Waals surface area (Å²) in [5.74, 6) is 0.576. The number of nitrogens with zero attached hydrogens (tertiary/aromatic N) is 7. The van der Waals surface area contributed by atoms with Gasteiger partial charge in [0, 0.05) is 93.2 Å². The van der Waals surface area contributed by atoms with Crippen molar-refractivity contribution in [3.05, 3.63) is 66.7 Å². The third-order valence-electron chi connectivity index (χ3n) is 7.16. The molecule has 3 aromatic heterocycles. The summed E-state index contributed by atoms with van der Waals surface area (Å²) >= 11 is 0.